The molecule has 2 rings (SSSR count). The third-order valence-corrected chi connectivity index (χ3v) is 2.14. The molecule has 0 radical (unpaired) electrons. The van der Waals surface area contributed by atoms with Gasteiger partial charge in [-0.2, -0.15) is 9.78 Å². The maximum atomic E-state index is 11.9. The zero-order valence-corrected chi connectivity index (χ0v) is 8.50. The van der Waals surface area contributed by atoms with Crippen LogP contribution in [0.15, 0.2) is 30.6 Å². The molecular weight excluding hydrogens is 206 g/mol. The normalized spacial score (nSPS) is 10.3. The van der Waals surface area contributed by atoms with Crippen molar-refractivity contribution in [2.24, 2.45) is 5.73 Å². The first-order valence-corrected chi connectivity index (χ1v) is 4.71. The van der Waals surface area contributed by atoms with Gasteiger partial charge in [0.1, 0.15) is 5.82 Å². The first-order chi connectivity index (χ1) is 7.72. The summed E-state index contributed by atoms with van der Waals surface area (Å²) in [7, 11) is 0. The van der Waals surface area contributed by atoms with Gasteiger partial charge in [-0.05, 0) is 12.1 Å². The van der Waals surface area contributed by atoms with Crippen molar-refractivity contribution in [1.29, 1.82) is 0 Å². The van der Waals surface area contributed by atoms with Gasteiger partial charge in [-0.3, -0.25) is 9.78 Å². The molecule has 82 valence electrons. The van der Waals surface area contributed by atoms with E-state index in [0.29, 0.717) is 17.1 Å². The first kappa shape index (κ1) is 10.3. The maximum Gasteiger partial charge on any atom is 0.280 e. The summed E-state index contributed by atoms with van der Waals surface area (Å²) in [6.45, 7) is 0.287. The number of hydrogen-bond donors (Lipinski definition) is 2. The second-order valence-corrected chi connectivity index (χ2v) is 3.21. The molecule has 0 aliphatic rings. The molecule has 0 atom stereocenters. The minimum atomic E-state index is -0.292. The average molecular weight is 217 g/mol. The number of carbonyl (C=O) groups is 1. The summed E-state index contributed by atoms with van der Waals surface area (Å²) in [5.74, 6) is 0.00992. The van der Waals surface area contributed by atoms with E-state index in [-0.39, 0.29) is 12.5 Å². The fourth-order valence-electron chi connectivity index (χ4n) is 1.33. The van der Waals surface area contributed by atoms with E-state index in [1.807, 2.05) is 0 Å². The minimum Gasteiger partial charge on any atom is -0.383 e. The molecule has 0 fully saturated rings. The summed E-state index contributed by atoms with van der Waals surface area (Å²) in [4.78, 5) is 16.0. The SMILES string of the molecule is NCc1cc(C(=O)n2nccc2N)ccn1. The zero-order chi connectivity index (χ0) is 11.5. The largest absolute Gasteiger partial charge is 0.383 e. The van der Waals surface area contributed by atoms with Crippen molar-refractivity contribution in [2.75, 3.05) is 5.73 Å². The second kappa shape index (κ2) is 4.11. The number of hydrogen-bond acceptors (Lipinski definition) is 5. The fourth-order valence-corrected chi connectivity index (χ4v) is 1.33. The fraction of sp³-hybridized carbons (Fsp3) is 0.100. The van der Waals surface area contributed by atoms with Gasteiger partial charge in [0.2, 0.25) is 0 Å². The van der Waals surface area contributed by atoms with E-state index in [9.17, 15) is 4.79 Å². The number of rotatable bonds is 2. The molecule has 6 heteroatoms. The maximum absolute atomic E-state index is 11.9. The van der Waals surface area contributed by atoms with Crippen molar-refractivity contribution in [1.82, 2.24) is 14.8 Å². The molecule has 2 aromatic rings. The molecule has 0 amide bonds. The van der Waals surface area contributed by atoms with Crippen molar-refractivity contribution < 1.29 is 4.79 Å². The van der Waals surface area contributed by atoms with Crippen LogP contribution in [0.1, 0.15) is 16.1 Å². The van der Waals surface area contributed by atoms with Crippen LogP contribution in [0.3, 0.4) is 0 Å². The molecule has 4 N–H and O–H groups in total. The third-order valence-electron chi connectivity index (χ3n) is 2.14. The summed E-state index contributed by atoms with van der Waals surface area (Å²) in [5.41, 5.74) is 12.1. The summed E-state index contributed by atoms with van der Waals surface area (Å²) in [5, 5.41) is 3.84. The van der Waals surface area contributed by atoms with Crippen LogP contribution in [-0.4, -0.2) is 20.7 Å². The lowest BCUT2D eigenvalue weighted by Crippen LogP contribution is -2.16. The number of aromatic nitrogens is 3. The number of pyridine rings is 1. The molecule has 16 heavy (non-hydrogen) atoms. The topological polar surface area (TPSA) is 99.8 Å². The Morgan fingerprint density at radius 1 is 1.38 bits per heavy atom. The zero-order valence-electron chi connectivity index (χ0n) is 8.50. The van der Waals surface area contributed by atoms with Gasteiger partial charge in [0, 0.05) is 24.4 Å². The highest BCUT2D eigenvalue weighted by Gasteiger charge is 2.11. The Morgan fingerprint density at radius 3 is 2.81 bits per heavy atom. The molecule has 2 heterocycles. The standard InChI is InChI=1S/C10H11N5O/c11-6-8-5-7(1-3-13-8)10(16)15-9(12)2-4-14-15/h1-5H,6,11-12H2. The Bertz CT molecular complexity index is 519. The molecule has 0 aromatic carbocycles. The van der Waals surface area contributed by atoms with Crippen LogP contribution < -0.4 is 11.5 Å². The lowest BCUT2D eigenvalue weighted by Gasteiger charge is -2.03. The van der Waals surface area contributed by atoms with Crippen LogP contribution in [0.25, 0.3) is 0 Å². The van der Waals surface area contributed by atoms with Gasteiger partial charge in [-0.1, -0.05) is 0 Å². The summed E-state index contributed by atoms with van der Waals surface area (Å²) < 4.78 is 1.13. The van der Waals surface area contributed by atoms with Crippen LogP contribution in [-0.2, 0) is 6.54 Å². The molecule has 0 aliphatic heterocycles. The molecule has 0 saturated carbocycles. The predicted octanol–water partition coefficient (Wildman–Crippen LogP) is 0.00750. The van der Waals surface area contributed by atoms with E-state index in [0.717, 1.165) is 4.68 Å². The van der Waals surface area contributed by atoms with Gasteiger partial charge in [-0.15, -0.1) is 0 Å². The average Bonchev–Trinajstić information content (AvgIpc) is 2.74. The number of nitrogens with zero attached hydrogens (tertiary/aromatic N) is 3. The van der Waals surface area contributed by atoms with Gasteiger partial charge in [-0.25, -0.2) is 0 Å². The number of anilines is 1. The Labute approximate surface area is 91.9 Å². The van der Waals surface area contributed by atoms with E-state index in [1.54, 1.807) is 18.2 Å². The highest BCUT2D eigenvalue weighted by Crippen LogP contribution is 2.07. The monoisotopic (exact) mass is 217 g/mol. The molecule has 0 unspecified atom stereocenters. The molecule has 0 spiro atoms. The highest BCUT2D eigenvalue weighted by atomic mass is 16.2. The molecular formula is C10H11N5O. The van der Waals surface area contributed by atoms with Gasteiger partial charge >= 0.3 is 0 Å². The first-order valence-electron chi connectivity index (χ1n) is 4.71. The second-order valence-electron chi connectivity index (χ2n) is 3.21. The Balaban J connectivity index is 2.38. The molecule has 6 nitrogen and oxygen atoms in total. The van der Waals surface area contributed by atoms with Gasteiger partial charge in [0.05, 0.1) is 11.9 Å². The van der Waals surface area contributed by atoms with E-state index in [2.05, 4.69) is 10.1 Å². The molecule has 0 bridgehead atoms. The van der Waals surface area contributed by atoms with E-state index in [4.69, 9.17) is 11.5 Å². The number of nitrogen functional groups attached to an aromatic ring is 1. The molecule has 2 aromatic heterocycles. The summed E-state index contributed by atoms with van der Waals surface area (Å²) in [6, 6.07) is 4.79. The smallest absolute Gasteiger partial charge is 0.280 e. The van der Waals surface area contributed by atoms with Gasteiger partial charge in [0.25, 0.3) is 5.91 Å². The van der Waals surface area contributed by atoms with Crippen LogP contribution in [0.2, 0.25) is 0 Å². The Morgan fingerprint density at radius 2 is 2.19 bits per heavy atom. The lowest BCUT2D eigenvalue weighted by atomic mass is 10.2. The van der Waals surface area contributed by atoms with Crippen molar-refractivity contribution in [3.63, 3.8) is 0 Å². The Hall–Kier alpha value is -2.21. The van der Waals surface area contributed by atoms with Crippen molar-refractivity contribution in [3.8, 4) is 0 Å². The van der Waals surface area contributed by atoms with Gasteiger partial charge < -0.3 is 11.5 Å². The van der Waals surface area contributed by atoms with Crippen molar-refractivity contribution in [3.05, 3.63) is 41.9 Å². The van der Waals surface area contributed by atoms with Crippen LogP contribution in [0, 0.1) is 0 Å². The number of nitrogens with two attached hydrogens (primary N) is 2. The third kappa shape index (κ3) is 1.78. The summed E-state index contributed by atoms with van der Waals surface area (Å²) >= 11 is 0. The van der Waals surface area contributed by atoms with Crippen LogP contribution in [0.5, 0.6) is 0 Å². The summed E-state index contributed by atoms with van der Waals surface area (Å²) in [6.07, 6.45) is 3.01. The Kier molecular flexibility index (Phi) is 2.65. The number of carbonyl (C=O) groups excluding carboxylic acids is 1. The molecule has 0 aliphatic carbocycles. The van der Waals surface area contributed by atoms with E-state index < -0.39 is 0 Å². The van der Waals surface area contributed by atoms with E-state index in [1.165, 1.54) is 12.4 Å². The van der Waals surface area contributed by atoms with Crippen LogP contribution >= 0.6 is 0 Å². The molecule has 0 saturated heterocycles. The van der Waals surface area contributed by atoms with Gasteiger partial charge in [0.15, 0.2) is 0 Å². The van der Waals surface area contributed by atoms with E-state index >= 15 is 0 Å². The van der Waals surface area contributed by atoms with Crippen molar-refractivity contribution in [2.45, 2.75) is 6.54 Å². The predicted molar refractivity (Wildman–Crippen MR) is 58.5 cm³/mol. The lowest BCUT2D eigenvalue weighted by molar-refractivity contribution is 0.0948. The van der Waals surface area contributed by atoms with Crippen molar-refractivity contribution >= 4 is 11.7 Å². The van der Waals surface area contributed by atoms with Crippen LogP contribution in [0.4, 0.5) is 5.82 Å². The quantitative estimate of drug-likeness (QED) is 0.738. The highest BCUT2D eigenvalue weighted by molar-refractivity contribution is 5.96. The minimum absolute atomic E-state index is 0.287.